The number of rotatable bonds is 3. The number of halogens is 1. The summed E-state index contributed by atoms with van der Waals surface area (Å²) >= 11 is 0. The van der Waals surface area contributed by atoms with Crippen LogP contribution in [0.5, 0.6) is 5.75 Å². The Kier molecular flexibility index (Phi) is 2.63. The maximum Gasteiger partial charge on any atom is 0.123 e. The van der Waals surface area contributed by atoms with Gasteiger partial charge in [0.15, 0.2) is 0 Å². The molecule has 2 aromatic heterocycles. The van der Waals surface area contributed by atoms with Gasteiger partial charge in [-0.05, 0) is 25.1 Å². The number of benzene rings is 1. The smallest absolute Gasteiger partial charge is 0.123 e. The van der Waals surface area contributed by atoms with Crippen LogP contribution in [0, 0.1) is 6.92 Å². The standard InChI is InChI=1S/C14H13FN2O/c1-9-14-12(4-6-16-9)11-3-2-10(18-7-5-15)8-13(11)17-14/h2-4,6,8,17H,5,7H2,1H3. The molecule has 92 valence electrons. The summed E-state index contributed by atoms with van der Waals surface area (Å²) in [6.45, 7) is 1.58. The summed E-state index contributed by atoms with van der Waals surface area (Å²) in [5.41, 5.74) is 2.99. The molecule has 3 nitrogen and oxygen atoms in total. The van der Waals surface area contributed by atoms with Crippen molar-refractivity contribution in [3.05, 3.63) is 36.2 Å². The van der Waals surface area contributed by atoms with Gasteiger partial charge in [-0.25, -0.2) is 4.39 Å². The van der Waals surface area contributed by atoms with Gasteiger partial charge < -0.3 is 9.72 Å². The van der Waals surface area contributed by atoms with Crippen LogP contribution in [0.2, 0.25) is 0 Å². The van der Waals surface area contributed by atoms with E-state index in [1.54, 1.807) is 6.20 Å². The van der Waals surface area contributed by atoms with Crippen molar-refractivity contribution in [2.45, 2.75) is 6.92 Å². The molecule has 0 spiro atoms. The number of hydrogen-bond donors (Lipinski definition) is 1. The quantitative estimate of drug-likeness (QED) is 0.767. The van der Waals surface area contributed by atoms with E-state index in [1.165, 1.54) is 0 Å². The zero-order valence-corrected chi connectivity index (χ0v) is 10.0. The maximum absolute atomic E-state index is 12.1. The highest BCUT2D eigenvalue weighted by Gasteiger charge is 2.07. The Morgan fingerprint density at radius 3 is 3.00 bits per heavy atom. The monoisotopic (exact) mass is 244 g/mol. The van der Waals surface area contributed by atoms with Crippen molar-refractivity contribution in [1.29, 1.82) is 0 Å². The lowest BCUT2D eigenvalue weighted by molar-refractivity contribution is 0.273. The van der Waals surface area contributed by atoms with Crippen LogP contribution < -0.4 is 4.74 Å². The topological polar surface area (TPSA) is 37.9 Å². The molecule has 0 saturated heterocycles. The lowest BCUT2D eigenvalue weighted by Gasteiger charge is -2.02. The minimum atomic E-state index is -0.478. The summed E-state index contributed by atoms with van der Waals surface area (Å²) in [5.74, 6) is 0.678. The van der Waals surface area contributed by atoms with Gasteiger partial charge >= 0.3 is 0 Å². The highest BCUT2D eigenvalue weighted by Crippen LogP contribution is 2.29. The Hall–Kier alpha value is -2.10. The highest BCUT2D eigenvalue weighted by atomic mass is 19.1. The first kappa shape index (κ1) is 11.0. The van der Waals surface area contributed by atoms with E-state index in [0.29, 0.717) is 5.75 Å². The summed E-state index contributed by atoms with van der Waals surface area (Å²) in [5, 5.41) is 2.28. The third kappa shape index (κ3) is 1.70. The Labute approximate surface area is 104 Å². The number of ether oxygens (including phenoxy) is 1. The molecule has 0 atom stereocenters. The van der Waals surface area contributed by atoms with Gasteiger partial charge in [0.2, 0.25) is 0 Å². The molecule has 3 aromatic rings. The van der Waals surface area contributed by atoms with E-state index < -0.39 is 6.67 Å². The molecule has 1 aromatic carbocycles. The summed E-state index contributed by atoms with van der Waals surface area (Å²) < 4.78 is 17.4. The van der Waals surface area contributed by atoms with Crippen LogP contribution >= 0.6 is 0 Å². The number of nitrogens with one attached hydrogen (secondary N) is 1. The van der Waals surface area contributed by atoms with Crippen molar-refractivity contribution in [2.75, 3.05) is 13.3 Å². The average molecular weight is 244 g/mol. The van der Waals surface area contributed by atoms with Gasteiger partial charge in [0.05, 0.1) is 16.7 Å². The first-order valence-electron chi connectivity index (χ1n) is 5.85. The number of aryl methyl sites for hydroxylation is 1. The molecule has 0 radical (unpaired) electrons. The summed E-state index contributed by atoms with van der Waals surface area (Å²) in [6, 6.07) is 7.73. The minimum absolute atomic E-state index is 0.0896. The SMILES string of the molecule is Cc1nccc2c1[nH]c1cc(OCCF)ccc12. The Morgan fingerprint density at radius 2 is 2.17 bits per heavy atom. The van der Waals surface area contributed by atoms with Gasteiger partial charge in [0.25, 0.3) is 0 Å². The number of aromatic amines is 1. The molecule has 0 unspecified atom stereocenters. The van der Waals surface area contributed by atoms with Crippen LogP contribution in [0.3, 0.4) is 0 Å². The third-order valence-corrected chi connectivity index (χ3v) is 3.03. The molecule has 3 rings (SSSR count). The second kappa shape index (κ2) is 4.29. The Balaban J connectivity index is 2.17. The molecule has 0 fully saturated rings. The van der Waals surface area contributed by atoms with Crippen molar-refractivity contribution in [3.63, 3.8) is 0 Å². The van der Waals surface area contributed by atoms with Gasteiger partial charge in [-0.15, -0.1) is 0 Å². The number of alkyl halides is 1. The Morgan fingerprint density at radius 1 is 1.28 bits per heavy atom. The van der Waals surface area contributed by atoms with Crippen LogP contribution in [0.4, 0.5) is 4.39 Å². The molecule has 0 aliphatic carbocycles. The normalized spacial score (nSPS) is 11.2. The third-order valence-electron chi connectivity index (χ3n) is 3.03. The number of hydrogen-bond acceptors (Lipinski definition) is 2. The molecule has 2 heterocycles. The van der Waals surface area contributed by atoms with Gasteiger partial charge in [-0.2, -0.15) is 0 Å². The van der Waals surface area contributed by atoms with Crippen molar-refractivity contribution >= 4 is 21.8 Å². The predicted molar refractivity (Wildman–Crippen MR) is 69.8 cm³/mol. The molecule has 4 heteroatoms. The zero-order valence-electron chi connectivity index (χ0n) is 10.0. The molecule has 0 bridgehead atoms. The molecule has 0 aliphatic heterocycles. The lowest BCUT2D eigenvalue weighted by Crippen LogP contribution is -1.98. The number of nitrogens with zero attached hydrogens (tertiary/aromatic N) is 1. The van der Waals surface area contributed by atoms with E-state index in [9.17, 15) is 4.39 Å². The van der Waals surface area contributed by atoms with Crippen molar-refractivity contribution < 1.29 is 9.13 Å². The number of pyridine rings is 1. The molecule has 1 N–H and O–H groups in total. The van der Waals surface area contributed by atoms with E-state index in [4.69, 9.17) is 4.74 Å². The minimum Gasteiger partial charge on any atom is -0.491 e. The van der Waals surface area contributed by atoms with Crippen molar-refractivity contribution in [2.24, 2.45) is 0 Å². The van der Waals surface area contributed by atoms with E-state index >= 15 is 0 Å². The van der Waals surface area contributed by atoms with E-state index in [2.05, 4.69) is 9.97 Å². The number of fused-ring (bicyclic) bond motifs is 3. The van der Waals surface area contributed by atoms with Crippen LogP contribution in [0.25, 0.3) is 21.8 Å². The van der Waals surface area contributed by atoms with E-state index in [-0.39, 0.29) is 6.61 Å². The van der Waals surface area contributed by atoms with Crippen LogP contribution in [0.15, 0.2) is 30.5 Å². The zero-order chi connectivity index (χ0) is 12.5. The first-order valence-corrected chi connectivity index (χ1v) is 5.85. The van der Waals surface area contributed by atoms with Gasteiger partial charge in [0, 0.05) is 23.0 Å². The second-order valence-corrected chi connectivity index (χ2v) is 4.19. The fraction of sp³-hybridized carbons (Fsp3) is 0.214. The highest BCUT2D eigenvalue weighted by molar-refractivity contribution is 6.08. The average Bonchev–Trinajstić information content (AvgIpc) is 2.76. The van der Waals surface area contributed by atoms with Crippen LogP contribution in [-0.2, 0) is 0 Å². The Bertz CT molecular complexity index is 705. The van der Waals surface area contributed by atoms with Crippen LogP contribution in [0.1, 0.15) is 5.69 Å². The van der Waals surface area contributed by atoms with Gasteiger partial charge in [-0.3, -0.25) is 4.98 Å². The molecule has 18 heavy (non-hydrogen) atoms. The van der Waals surface area contributed by atoms with Crippen molar-refractivity contribution in [1.82, 2.24) is 9.97 Å². The van der Waals surface area contributed by atoms with Gasteiger partial charge in [-0.1, -0.05) is 0 Å². The van der Waals surface area contributed by atoms with Gasteiger partial charge in [0.1, 0.15) is 19.0 Å². The molecule has 0 amide bonds. The molecular weight excluding hydrogens is 231 g/mol. The molecule has 0 aliphatic rings. The summed E-state index contributed by atoms with van der Waals surface area (Å²) in [7, 11) is 0. The fourth-order valence-electron chi connectivity index (χ4n) is 2.19. The summed E-state index contributed by atoms with van der Waals surface area (Å²) in [6.07, 6.45) is 1.80. The number of aromatic nitrogens is 2. The molecule has 0 saturated carbocycles. The van der Waals surface area contributed by atoms with Crippen molar-refractivity contribution in [3.8, 4) is 5.75 Å². The number of H-pyrrole nitrogens is 1. The second-order valence-electron chi connectivity index (χ2n) is 4.19. The van der Waals surface area contributed by atoms with Crippen LogP contribution in [-0.4, -0.2) is 23.2 Å². The largest absolute Gasteiger partial charge is 0.491 e. The van der Waals surface area contributed by atoms with E-state index in [0.717, 1.165) is 27.5 Å². The fourth-order valence-corrected chi connectivity index (χ4v) is 2.19. The lowest BCUT2D eigenvalue weighted by atomic mass is 10.1. The first-order chi connectivity index (χ1) is 8.79. The van der Waals surface area contributed by atoms with E-state index in [1.807, 2.05) is 31.2 Å². The predicted octanol–water partition coefficient (Wildman–Crippen LogP) is 3.37. The maximum atomic E-state index is 12.1. The molecular formula is C14H13FN2O. The summed E-state index contributed by atoms with van der Waals surface area (Å²) in [4.78, 5) is 7.59.